The molecule has 1 aromatic rings. The van der Waals surface area contributed by atoms with E-state index >= 15 is 0 Å². The molecule has 3 N–H and O–H groups in total. The number of likely N-dealkylation sites (tertiary alicyclic amines) is 1. The molecule has 6 nitrogen and oxygen atoms in total. The predicted molar refractivity (Wildman–Crippen MR) is 93.0 cm³/mol. The van der Waals surface area contributed by atoms with E-state index in [1.54, 1.807) is 4.90 Å². The highest BCUT2D eigenvalue weighted by Gasteiger charge is 2.36. The summed E-state index contributed by atoms with van der Waals surface area (Å²) < 4.78 is 5.50. The van der Waals surface area contributed by atoms with Gasteiger partial charge in [0, 0.05) is 6.54 Å². The van der Waals surface area contributed by atoms with Crippen molar-refractivity contribution in [3.05, 3.63) is 35.9 Å². The number of piperidine rings is 1. The van der Waals surface area contributed by atoms with Crippen molar-refractivity contribution in [2.45, 2.75) is 51.7 Å². The number of oxime groups is 1. The van der Waals surface area contributed by atoms with Crippen LogP contribution in [0.15, 0.2) is 35.5 Å². The van der Waals surface area contributed by atoms with E-state index < -0.39 is 17.7 Å². The van der Waals surface area contributed by atoms with Gasteiger partial charge in [0.25, 0.3) is 0 Å². The highest BCUT2D eigenvalue weighted by atomic mass is 16.6. The SMILES string of the molecule is CC(C)(C)OC(=O)N1C[C@H](Cc2ccccc2)CC[C@H]1/C(N)=N/O. The van der Waals surface area contributed by atoms with Gasteiger partial charge in [-0.1, -0.05) is 35.5 Å². The number of hydrogen-bond acceptors (Lipinski definition) is 4. The molecule has 132 valence electrons. The molecular formula is C18H27N3O3. The first-order chi connectivity index (χ1) is 11.3. The molecule has 2 atom stereocenters. The Morgan fingerprint density at radius 3 is 2.58 bits per heavy atom. The van der Waals surface area contributed by atoms with Crippen molar-refractivity contribution < 1.29 is 14.7 Å². The lowest BCUT2D eigenvalue weighted by atomic mass is 9.88. The highest BCUT2D eigenvalue weighted by Crippen LogP contribution is 2.27. The zero-order chi connectivity index (χ0) is 17.7. The van der Waals surface area contributed by atoms with Crippen LogP contribution >= 0.6 is 0 Å². The van der Waals surface area contributed by atoms with Gasteiger partial charge in [0.1, 0.15) is 5.60 Å². The average Bonchev–Trinajstić information content (AvgIpc) is 2.53. The Hall–Kier alpha value is -2.24. The molecule has 0 aromatic heterocycles. The molecule has 0 saturated carbocycles. The van der Waals surface area contributed by atoms with Crippen LogP contribution in [0.4, 0.5) is 4.79 Å². The summed E-state index contributed by atoms with van der Waals surface area (Å²) in [5, 5.41) is 12.1. The summed E-state index contributed by atoms with van der Waals surface area (Å²) in [7, 11) is 0. The monoisotopic (exact) mass is 333 g/mol. The van der Waals surface area contributed by atoms with Crippen molar-refractivity contribution in [2.24, 2.45) is 16.8 Å². The van der Waals surface area contributed by atoms with Gasteiger partial charge >= 0.3 is 6.09 Å². The maximum atomic E-state index is 12.6. The molecule has 0 unspecified atom stereocenters. The molecule has 1 aromatic carbocycles. The Bertz CT molecular complexity index is 581. The van der Waals surface area contributed by atoms with E-state index in [4.69, 9.17) is 15.7 Å². The summed E-state index contributed by atoms with van der Waals surface area (Å²) in [4.78, 5) is 14.1. The zero-order valence-electron chi connectivity index (χ0n) is 14.6. The van der Waals surface area contributed by atoms with Gasteiger partial charge in [0.05, 0.1) is 6.04 Å². The third kappa shape index (κ3) is 4.88. The summed E-state index contributed by atoms with van der Waals surface area (Å²) in [5.74, 6) is 0.377. The van der Waals surface area contributed by atoms with Gasteiger partial charge in [0.2, 0.25) is 0 Å². The molecule has 1 aliphatic rings. The van der Waals surface area contributed by atoms with Crippen LogP contribution in [0.5, 0.6) is 0 Å². The van der Waals surface area contributed by atoms with E-state index in [2.05, 4.69) is 17.3 Å². The van der Waals surface area contributed by atoms with Gasteiger partial charge in [0.15, 0.2) is 5.84 Å². The fourth-order valence-corrected chi connectivity index (χ4v) is 3.06. The van der Waals surface area contributed by atoms with Crippen LogP contribution in [0, 0.1) is 5.92 Å². The Morgan fingerprint density at radius 1 is 1.33 bits per heavy atom. The number of carbonyl (C=O) groups is 1. The summed E-state index contributed by atoms with van der Waals surface area (Å²) in [6.45, 7) is 6.02. The molecule has 0 bridgehead atoms. The third-order valence-electron chi connectivity index (χ3n) is 4.13. The van der Waals surface area contributed by atoms with Crippen LogP contribution in [0.25, 0.3) is 0 Å². The first-order valence-corrected chi connectivity index (χ1v) is 8.31. The van der Waals surface area contributed by atoms with Crippen molar-refractivity contribution in [1.29, 1.82) is 0 Å². The van der Waals surface area contributed by atoms with E-state index in [9.17, 15) is 4.79 Å². The van der Waals surface area contributed by atoms with E-state index in [1.807, 2.05) is 39.0 Å². The lowest BCUT2D eigenvalue weighted by Crippen LogP contribution is -2.54. The molecule has 1 fully saturated rings. The summed E-state index contributed by atoms with van der Waals surface area (Å²) in [6, 6.07) is 9.79. The van der Waals surface area contributed by atoms with Crippen molar-refractivity contribution in [3.63, 3.8) is 0 Å². The number of hydrogen-bond donors (Lipinski definition) is 2. The van der Waals surface area contributed by atoms with Crippen molar-refractivity contribution in [1.82, 2.24) is 4.90 Å². The van der Waals surface area contributed by atoms with Crippen LogP contribution in [-0.2, 0) is 11.2 Å². The average molecular weight is 333 g/mol. The van der Waals surface area contributed by atoms with Gasteiger partial charge in [-0.3, -0.25) is 4.90 Å². The largest absolute Gasteiger partial charge is 0.444 e. The summed E-state index contributed by atoms with van der Waals surface area (Å²) in [6.07, 6.45) is 2.04. The summed E-state index contributed by atoms with van der Waals surface area (Å²) in [5.41, 5.74) is 6.45. The lowest BCUT2D eigenvalue weighted by Gasteiger charge is -2.39. The Kier molecular flexibility index (Phi) is 5.70. The van der Waals surface area contributed by atoms with Crippen molar-refractivity contribution in [3.8, 4) is 0 Å². The van der Waals surface area contributed by atoms with Gasteiger partial charge in [-0.2, -0.15) is 0 Å². The minimum absolute atomic E-state index is 0.0546. The highest BCUT2D eigenvalue weighted by molar-refractivity contribution is 5.88. The molecular weight excluding hydrogens is 306 g/mol. The van der Waals surface area contributed by atoms with Gasteiger partial charge in [-0.25, -0.2) is 4.79 Å². The van der Waals surface area contributed by atoms with Crippen LogP contribution in [0.3, 0.4) is 0 Å². The predicted octanol–water partition coefficient (Wildman–Crippen LogP) is 2.99. The molecule has 1 saturated heterocycles. The van der Waals surface area contributed by atoms with Crippen LogP contribution in [-0.4, -0.2) is 40.2 Å². The number of benzene rings is 1. The molecule has 1 aliphatic heterocycles. The second-order valence-electron chi connectivity index (χ2n) is 7.31. The van der Waals surface area contributed by atoms with Gasteiger partial charge in [-0.15, -0.1) is 0 Å². The van der Waals surface area contributed by atoms with Crippen LogP contribution < -0.4 is 5.73 Å². The smallest absolute Gasteiger partial charge is 0.410 e. The van der Waals surface area contributed by atoms with Crippen molar-refractivity contribution in [2.75, 3.05) is 6.54 Å². The molecule has 0 spiro atoms. The minimum atomic E-state index is -0.584. The minimum Gasteiger partial charge on any atom is -0.444 e. The molecule has 1 amide bonds. The summed E-state index contributed by atoms with van der Waals surface area (Å²) >= 11 is 0. The normalized spacial score (nSPS) is 22.3. The topological polar surface area (TPSA) is 88.2 Å². The second kappa shape index (κ2) is 7.55. The Morgan fingerprint density at radius 2 is 2.00 bits per heavy atom. The fourth-order valence-electron chi connectivity index (χ4n) is 3.06. The second-order valence-corrected chi connectivity index (χ2v) is 7.31. The molecule has 24 heavy (non-hydrogen) atoms. The molecule has 0 radical (unpaired) electrons. The molecule has 2 rings (SSSR count). The maximum absolute atomic E-state index is 12.6. The first-order valence-electron chi connectivity index (χ1n) is 8.31. The number of carbonyl (C=O) groups excluding carboxylic acids is 1. The fraction of sp³-hybridized carbons (Fsp3) is 0.556. The van der Waals surface area contributed by atoms with E-state index in [0.717, 1.165) is 12.8 Å². The number of rotatable bonds is 3. The lowest BCUT2D eigenvalue weighted by molar-refractivity contribution is 0.0105. The van der Waals surface area contributed by atoms with E-state index in [0.29, 0.717) is 18.9 Å². The maximum Gasteiger partial charge on any atom is 0.410 e. The van der Waals surface area contributed by atoms with E-state index in [-0.39, 0.29) is 5.84 Å². The van der Waals surface area contributed by atoms with Crippen molar-refractivity contribution >= 4 is 11.9 Å². The standard InChI is InChI=1S/C18H27N3O3/c1-18(2,3)24-17(22)21-12-14(9-10-15(21)16(19)20-23)11-13-7-5-4-6-8-13/h4-8,14-15,23H,9-12H2,1-3H3,(H2,19,20)/t14-,15-/m0/s1. The Balaban J connectivity index is 2.12. The number of ether oxygens (including phenoxy) is 1. The zero-order valence-corrected chi connectivity index (χ0v) is 14.6. The Labute approximate surface area is 143 Å². The van der Waals surface area contributed by atoms with Gasteiger partial charge < -0.3 is 15.7 Å². The van der Waals surface area contributed by atoms with Crippen LogP contribution in [0.1, 0.15) is 39.2 Å². The number of nitrogens with zero attached hydrogens (tertiary/aromatic N) is 2. The van der Waals surface area contributed by atoms with Gasteiger partial charge in [-0.05, 0) is 51.5 Å². The van der Waals surface area contributed by atoms with E-state index in [1.165, 1.54) is 5.56 Å². The quantitative estimate of drug-likeness (QED) is 0.385. The number of nitrogens with two attached hydrogens (primary N) is 1. The number of amidine groups is 1. The third-order valence-corrected chi connectivity index (χ3v) is 4.13. The first kappa shape index (κ1) is 18.1. The number of amides is 1. The van der Waals surface area contributed by atoms with Crippen LogP contribution in [0.2, 0.25) is 0 Å². The molecule has 6 heteroatoms. The molecule has 1 heterocycles. The molecule has 0 aliphatic carbocycles.